The Balaban J connectivity index is 0.950. The number of aliphatic hydroxyl groups is 8. The van der Waals surface area contributed by atoms with E-state index in [9.17, 15) is 50.4 Å². The summed E-state index contributed by atoms with van der Waals surface area (Å²) in [5, 5.41) is 103. The average Bonchev–Trinajstić information content (AvgIpc) is 1.29. The van der Waals surface area contributed by atoms with Gasteiger partial charge in [0.15, 0.2) is 0 Å². The molecule has 3 saturated heterocycles. The standard InChI is InChI=1S/C75H134N2O18/c1-23-61(7)63(9,42-78)93-66(12,71(17,83)69(61,15)81)45-89-43-62(8)64(10,94-67(13,72(18,84)70(62,16)82)46-90-47-68(14)74(20,86)75(21,87)73(19,85)65(11,95-68)44-88-22)48-91-57(79)76-39-26-24-25-27-40-77-58(80)92-52-35-37-59(5)51(41-52)31-32-53-55-34-33-54(50(4)30-28-29-49(2)3)60(55,6)38-36-56(53)59/h31,49-50,52-56,78,81-87H,23-30,32-48H2,1-22H3,(H,76,79)(H,77,80)/t50?,52?,53?,54?,55?,56?,59?,60?,61-,62-,63?,64?,65-,66-,67-,68?,69-,70-,71?,72?,73?,74-,75+/m1/s1. The van der Waals surface area contributed by atoms with Crippen molar-refractivity contribution < 1.29 is 88.3 Å². The van der Waals surface area contributed by atoms with Gasteiger partial charge in [-0.05, 0) is 201 Å². The summed E-state index contributed by atoms with van der Waals surface area (Å²) < 4.78 is 50.7. The SMILES string of the molecule is CC[C@]1(C)C(C)(CO)O[C@](C)(COC[C@]2(C)C(C)(COC(=O)NCCCCCCNC(=O)OC3CCC4(C)C(=CCC5C4CCC4(C)C(C(C)CCCC(C)C)CCC54)C3)O[C@](C)(COCC3(C)O[C@](C)(COC)C(C)(O)[C@](C)(O)[C@]3(C)O)C(C)(O)[C@]2(C)O)C(C)(O)[C@]1(C)O. The van der Waals surface area contributed by atoms with Gasteiger partial charge in [0.1, 0.15) is 79.9 Å². The third-order valence-electron chi connectivity index (χ3n) is 29.4. The average molecular weight is 1350 g/mol. The number of hydrogen-bond acceptors (Lipinski definition) is 18. The third-order valence-corrected chi connectivity index (χ3v) is 29.4. The summed E-state index contributed by atoms with van der Waals surface area (Å²) in [6.45, 7) is 34.7. The minimum atomic E-state index is -2.23. The molecule has 7 rings (SSSR count). The molecule has 0 aromatic rings. The number of ether oxygens (including phenoxy) is 8. The van der Waals surface area contributed by atoms with Crippen molar-refractivity contribution in [2.24, 2.45) is 57.2 Å². The summed E-state index contributed by atoms with van der Waals surface area (Å²) in [4.78, 5) is 27.0. The molecule has 4 aliphatic carbocycles. The molecule has 0 bridgehead atoms. The van der Waals surface area contributed by atoms with Crippen LogP contribution in [0.3, 0.4) is 0 Å². The second-order valence-electron chi connectivity index (χ2n) is 35.2. The zero-order valence-electron chi connectivity index (χ0n) is 63.0. The molecule has 14 unspecified atom stereocenters. The summed E-state index contributed by atoms with van der Waals surface area (Å²) in [5.41, 5.74) is -25.4. The van der Waals surface area contributed by atoms with E-state index in [0.717, 1.165) is 74.5 Å². The molecular formula is C75H134N2O18. The number of methoxy groups -OCH3 is 1. The number of nitrogens with one attached hydrogen (secondary N) is 2. The topological polar surface area (TPSA) is 294 Å². The van der Waals surface area contributed by atoms with Crippen molar-refractivity contribution in [2.45, 2.75) is 327 Å². The van der Waals surface area contributed by atoms with Crippen LogP contribution in [0, 0.1) is 57.2 Å². The van der Waals surface area contributed by atoms with E-state index in [1.54, 1.807) is 41.5 Å². The Hall–Kier alpha value is -2.28. The number of carbonyl (C=O) groups excluding carboxylic acids is 2. The fourth-order valence-corrected chi connectivity index (χ4v) is 20.2. The van der Waals surface area contributed by atoms with Crippen LogP contribution < -0.4 is 10.6 Å². The summed E-state index contributed by atoms with van der Waals surface area (Å²) in [5.74, 6) is 4.64. The Morgan fingerprint density at radius 3 is 1.56 bits per heavy atom. The van der Waals surface area contributed by atoms with Gasteiger partial charge in [-0.25, -0.2) is 9.59 Å². The van der Waals surface area contributed by atoms with Gasteiger partial charge in [0.2, 0.25) is 0 Å². The van der Waals surface area contributed by atoms with Gasteiger partial charge in [-0.2, -0.15) is 0 Å². The van der Waals surface area contributed by atoms with Gasteiger partial charge < -0.3 is 89.4 Å². The Morgan fingerprint density at radius 1 is 0.537 bits per heavy atom. The van der Waals surface area contributed by atoms with E-state index in [1.165, 1.54) is 120 Å². The van der Waals surface area contributed by atoms with Crippen LogP contribution in [0.1, 0.15) is 248 Å². The lowest BCUT2D eigenvalue weighted by molar-refractivity contribution is -0.417. The first-order chi connectivity index (χ1) is 43.4. The lowest BCUT2D eigenvalue weighted by Gasteiger charge is -2.68. The minimum Gasteiger partial charge on any atom is -0.446 e. The number of unbranched alkanes of at least 4 members (excludes halogenated alkanes) is 3. The molecule has 3 aliphatic heterocycles. The number of carbonyl (C=O) groups is 2. The normalized spacial score (nSPS) is 48.5. The second kappa shape index (κ2) is 27.5. The van der Waals surface area contributed by atoms with Crippen LogP contribution in [0.4, 0.5) is 9.59 Å². The molecule has 23 atom stereocenters. The van der Waals surface area contributed by atoms with Crippen LogP contribution in [0.2, 0.25) is 0 Å². The van der Waals surface area contributed by atoms with Crippen molar-refractivity contribution in [1.29, 1.82) is 0 Å². The minimum absolute atomic E-state index is 0.133. The Morgan fingerprint density at radius 2 is 1.03 bits per heavy atom. The molecule has 95 heavy (non-hydrogen) atoms. The fourth-order valence-electron chi connectivity index (χ4n) is 20.2. The molecule has 0 aromatic carbocycles. The zero-order valence-corrected chi connectivity index (χ0v) is 63.0. The van der Waals surface area contributed by atoms with Gasteiger partial charge in [-0.3, -0.25) is 0 Å². The number of amides is 2. The van der Waals surface area contributed by atoms with Gasteiger partial charge in [0.05, 0.1) is 50.7 Å². The maximum absolute atomic E-state index is 13.8. The molecule has 10 N–H and O–H groups in total. The second-order valence-corrected chi connectivity index (χ2v) is 35.2. The van der Waals surface area contributed by atoms with Gasteiger partial charge in [-0.15, -0.1) is 0 Å². The molecule has 3 heterocycles. The highest BCUT2D eigenvalue weighted by molar-refractivity contribution is 5.67. The van der Waals surface area contributed by atoms with Crippen LogP contribution in [-0.4, -0.2) is 198 Å². The number of rotatable bonds is 27. The number of allylic oxidation sites excluding steroid dienone is 1. The molecule has 0 spiro atoms. The van der Waals surface area contributed by atoms with E-state index in [4.69, 9.17) is 37.9 Å². The van der Waals surface area contributed by atoms with Gasteiger partial charge in [0, 0.05) is 32.0 Å². The number of hydrogen-bond donors (Lipinski definition) is 10. The highest BCUT2D eigenvalue weighted by Crippen LogP contribution is 2.68. The third kappa shape index (κ3) is 13.0. The molecule has 0 aromatic heterocycles. The molecule has 7 aliphatic rings. The fraction of sp³-hybridized carbons (Fsp3) is 0.947. The zero-order chi connectivity index (χ0) is 71.7. The molecule has 2 amide bonds. The van der Waals surface area contributed by atoms with E-state index >= 15 is 0 Å². The summed E-state index contributed by atoms with van der Waals surface area (Å²) in [6, 6.07) is 0. The van der Waals surface area contributed by atoms with Crippen molar-refractivity contribution in [3.63, 3.8) is 0 Å². The first kappa shape index (κ1) is 80.0. The largest absolute Gasteiger partial charge is 0.446 e. The quantitative estimate of drug-likeness (QED) is 0.0270. The summed E-state index contributed by atoms with van der Waals surface area (Å²) in [6.07, 6.45) is 17.8. The molecule has 20 nitrogen and oxygen atoms in total. The van der Waals surface area contributed by atoms with Crippen molar-refractivity contribution >= 4 is 12.2 Å². The van der Waals surface area contributed by atoms with E-state index in [2.05, 4.69) is 51.3 Å². The van der Waals surface area contributed by atoms with Gasteiger partial charge in [0.25, 0.3) is 0 Å². The smallest absolute Gasteiger partial charge is 0.407 e. The number of fused-ring (bicyclic) bond motifs is 5. The van der Waals surface area contributed by atoms with Crippen LogP contribution in [0.5, 0.6) is 0 Å². The van der Waals surface area contributed by atoms with Crippen LogP contribution in [0.25, 0.3) is 0 Å². The van der Waals surface area contributed by atoms with Crippen LogP contribution >= 0.6 is 0 Å². The van der Waals surface area contributed by atoms with Crippen LogP contribution in [0.15, 0.2) is 11.6 Å². The maximum Gasteiger partial charge on any atom is 0.407 e. The highest BCUT2D eigenvalue weighted by atomic mass is 16.6. The van der Waals surface area contributed by atoms with E-state index in [1.807, 2.05) is 6.92 Å². The molecule has 552 valence electrons. The summed E-state index contributed by atoms with van der Waals surface area (Å²) in [7, 11) is 1.42. The lowest BCUT2D eigenvalue weighted by Crippen LogP contribution is -2.85. The van der Waals surface area contributed by atoms with E-state index in [-0.39, 0.29) is 30.8 Å². The molecule has 6 fully saturated rings. The van der Waals surface area contributed by atoms with Crippen molar-refractivity contribution in [1.82, 2.24) is 10.6 Å². The van der Waals surface area contributed by atoms with E-state index < -0.39 is 129 Å². The maximum atomic E-state index is 13.8. The molecule has 0 radical (unpaired) electrons. The Bertz CT molecular complexity index is 2700. The first-order valence-corrected chi connectivity index (χ1v) is 36.4. The predicted molar refractivity (Wildman–Crippen MR) is 364 cm³/mol. The molecular weight excluding hydrogens is 1220 g/mol. The predicted octanol–water partition coefficient (Wildman–Crippen LogP) is 10.4. The Kier molecular flexibility index (Phi) is 23.2. The van der Waals surface area contributed by atoms with Crippen molar-refractivity contribution in [2.75, 3.05) is 66.4 Å². The molecule has 20 heteroatoms. The highest BCUT2D eigenvalue weighted by Gasteiger charge is 2.78. The first-order valence-electron chi connectivity index (χ1n) is 36.4. The number of aliphatic hydroxyl groups excluding tert-OH is 1. The lowest BCUT2D eigenvalue weighted by atomic mass is 9.47. The Labute approximate surface area is 571 Å². The van der Waals surface area contributed by atoms with Gasteiger partial charge in [-0.1, -0.05) is 99.1 Å². The summed E-state index contributed by atoms with van der Waals surface area (Å²) >= 11 is 0. The van der Waals surface area contributed by atoms with Crippen LogP contribution in [-0.2, 0) is 37.9 Å². The van der Waals surface area contributed by atoms with E-state index in [0.29, 0.717) is 30.7 Å². The number of alkyl carbamates (subject to hydrolysis) is 2. The van der Waals surface area contributed by atoms with Gasteiger partial charge >= 0.3 is 12.2 Å². The van der Waals surface area contributed by atoms with Crippen molar-refractivity contribution in [3.8, 4) is 0 Å². The van der Waals surface area contributed by atoms with Crippen molar-refractivity contribution in [3.05, 3.63) is 11.6 Å². The molecule has 3 saturated carbocycles. The monoisotopic (exact) mass is 1350 g/mol.